The second-order valence-corrected chi connectivity index (χ2v) is 14.6. The molecule has 0 radical (unpaired) electrons. The van der Waals surface area contributed by atoms with Crippen LogP contribution in [0.5, 0.6) is 0 Å². The first-order chi connectivity index (χ1) is 18.0. The van der Waals surface area contributed by atoms with Gasteiger partial charge in [-0.15, -0.1) is 0 Å². The van der Waals surface area contributed by atoms with Gasteiger partial charge in [0.05, 0.1) is 0 Å². The van der Waals surface area contributed by atoms with Gasteiger partial charge in [0, 0.05) is 36.4 Å². The fourth-order valence-corrected chi connectivity index (χ4v) is 8.52. The highest BCUT2D eigenvalue weighted by atomic mass is 79.9. The van der Waals surface area contributed by atoms with Gasteiger partial charge in [0.2, 0.25) is 0 Å². The van der Waals surface area contributed by atoms with Crippen molar-refractivity contribution in [2.75, 3.05) is 21.3 Å². The zero-order valence-corrected chi connectivity index (χ0v) is 26.6. The zero-order valence-electron chi connectivity index (χ0n) is 24.0. The minimum absolute atomic E-state index is 0.0231. The maximum atomic E-state index is 5.91. The monoisotopic (exact) mass is 588 g/mol. The van der Waals surface area contributed by atoms with Crippen molar-refractivity contribution in [1.82, 2.24) is 0 Å². The first-order valence-corrected chi connectivity index (χ1v) is 17.1. The summed E-state index contributed by atoms with van der Waals surface area (Å²) in [6.45, 7) is 4.58. The van der Waals surface area contributed by atoms with Crippen LogP contribution in [0.4, 0.5) is 0 Å². The average molecular weight is 590 g/mol. The quantitative estimate of drug-likeness (QED) is 0.128. The molecule has 206 valence electrons. The lowest BCUT2D eigenvalue weighted by Gasteiger charge is -2.34. The molecule has 0 unspecified atom stereocenters. The Morgan fingerprint density at radius 2 is 1.08 bits per heavy atom. The van der Waals surface area contributed by atoms with Crippen molar-refractivity contribution in [3.05, 3.63) is 52.0 Å². The molecule has 0 saturated heterocycles. The minimum atomic E-state index is -2.93. The molecule has 0 bridgehead atoms. The maximum Gasteiger partial charge on any atom is 0.536 e. The molecule has 2 aromatic rings. The predicted octanol–water partition coefficient (Wildman–Crippen LogP) is 9.30. The summed E-state index contributed by atoms with van der Waals surface area (Å²) in [5, 5.41) is 1.06. The molecule has 0 atom stereocenters. The van der Waals surface area contributed by atoms with Gasteiger partial charge in [-0.2, -0.15) is 0 Å². The molecule has 1 aliphatic rings. The van der Waals surface area contributed by atoms with Crippen molar-refractivity contribution in [1.29, 1.82) is 0 Å². The van der Waals surface area contributed by atoms with Crippen LogP contribution < -0.4 is 5.19 Å². The van der Waals surface area contributed by atoms with Crippen LogP contribution in [0.15, 0.2) is 40.9 Å². The Labute approximate surface area is 236 Å². The van der Waals surface area contributed by atoms with Crippen LogP contribution in [0.1, 0.15) is 115 Å². The predicted molar refractivity (Wildman–Crippen MR) is 163 cm³/mol. The highest BCUT2D eigenvalue weighted by molar-refractivity contribution is 9.10. The lowest BCUT2D eigenvalue weighted by atomic mass is 9.70. The third-order valence-electron chi connectivity index (χ3n) is 8.40. The summed E-state index contributed by atoms with van der Waals surface area (Å²) in [5.41, 5.74) is 5.73. The summed E-state index contributed by atoms with van der Waals surface area (Å²) in [6, 6.07) is 13.7. The van der Waals surface area contributed by atoms with Gasteiger partial charge in [-0.1, -0.05) is 131 Å². The third kappa shape index (κ3) is 6.97. The van der Waals surface area contributed by atoms with Crippen LogP contribution in [0.25, 0.3) is 11.1 Å². The molecule has 0 N–H and O–H groups in total. The smallest absolute Gasteiger partial charge is 0.373 e. The van der Waals surface area contributed by atoms with E-state index in [-0.39, 0.29) is 5.41 Å². The lowest BCUT2D eigenvalue weighted by molar-refractivity contribution is 0.140. The third-order valence-corrected chi connectivity index (χ3v) is 11.5. The van der Waals surface area contributed by atoms with Gasteiger partial charge in [0.1, 0.15) is 0 Å². The Morgan fingerprint density at radius 3 is 1.59 bits per heavy atom. The number of hydrogen-bond acceptors (Lipinski definition) is 3. The fourth-order valence-electron chi connectivity index (χ4n) is 6.34. The second kappa shape index (κ2) is 15.0. The summed E-state index contributed by atoms with van der Waals surface area (Å²) in [6.07, 6.45) is 18.2. The number of fused-ring (bicyclic) bond motifs is 3. The molecule has 3 nitrogen and oxygen atoms in total. The molecule has 0 saturated carbocycles. The Morgan fingerprint density at radius 1 is 0.622 bits per heavy atom. The van der Waals surface area contributed by atoms with Gasteiger partial charge in [0.15, 0.2) is 0 Å². The molecule has 2 aromatic carbocycles. The largest absolute Gasteiger partial charge is 0.536 e. The highest BCUT2D eigenvalue weighted by Gasteiger charge is 2.46. The number of benzene rings is 2. The topological polar surface area (TPSA) is 27.7 Å². The number of unbranched alkanes of at least 4 members (excludes halogenated alkanes) is 10. The van der Waals surface area contributed by atoms with Crippen molar-refractivity contribution in [3.8, 4) is 11.1 Å². The van der Waals surface area contributed by atoms with E-state index >= 15 is 0 Å². The molecule has 5 heteroatoms. The van der Waals surface area contributed by atoms with E-state index in [0.717, 1.165) is 5.19 Å². The van der Waals surface area contributed by atoms with E-state index in [1.165, 1.54) is 117 Å². The summed E-state index contributed by atoms with van der Waals surface area (Å²) in [5.74, 6) is 0. The van der Waals surface area contributed by atoms with Gasteiger partial charge >= 0.3 is 8.80 Å². The molecular formula is C32H49BrO3Si. The zero-order chi connectivity index (χ0) is 26.7. The molecule has 37 heavy (non-hydrogen) atoms. The van der Waals surface area contributed by atoms with Gasteiger partial charge in [-0.25, -0.2) is 0 Å². The van der Waals surface area contributed by atoms with Crippen molar-refractivity contribution in [2.45, 2.75) is 109 Å². The minimum Gasteiger partial charge on any atom is -0.373 e. The first-order valence-electron chi connectivity index (χ1n) is 14.6. The molecule has 0 aliphatic heterocycles. The van der Waals surface area contributed by atoms with Crippen LogP contribution in [0.2, 0.25) is 0 Å². The fraction of sp³-hybridized carbons (Fsp3) is 0.625. The van der Waals surface area contributed by atoms with Gasteiger partial charge in [-0.05, 0) is 47.2 Å². The maximum absolute atomic E-state index is 5.91. The van der Waals surface area contributed by atoms with Gasteiger partial charge in [-0.3, -0.25) is 0 Å². The van der Waals surface area contributed by atoms with Gasteiger partial charge < -0.3 is 13.3 Å². The van der Waals surface area contributed by atoms with Crippen molar-refractivity contribution >= 4 is 29.9 Å². The molecule has 0 amide bonds. The van der Waals surface area contributed by atoms with Crippen LogP contribution in [-0.2, 0) is 18.7 Å². The van der Waals surface area contributed by atoms with E-state index in [1.807, 2.05) is 0 Å². The number of rotatable bonds is 18. The van der Waals surface area contributed by atoms with E-state index in [4.69, 9.17) is 13.3 Å². The molecule has 1 aliphatic carbocycles. The second-order valence-electron chi connectivity index (χ2n) is 10.7. The molecule has 0 fully saturated rings. The van der Waals surface area contributed by atoms with Crippen molar-refractivity contribution < 1.29 is 13.3 Å². The average Bonchev–Trinajstić information content (AvgIpc) is 3.18. The summed E-state index contributed by atoms with van der Waals surface area (Å²) in [4.78, 5) is 0. The van der Waals surface area contributed by atoms with Crippen molar-refractivity contribution in [2.24, 2.45) is 0 Å². The van der Waals surface area contributed by atoms with E-state index in [1.54, 1.807) is 21.3 Å². The highest BCUT2D eigenvalue weighted by Crippen LogP contribution is 2.54. The first kappa shape index (κ1) is 30.6. The van der Waals surface area contributed by atoms with Crippen molar-refractivity contribution in [3.63, 3.8) is 0 Å². The summed E-state index contributed by atoms with van der Waals surface area (Å²) < 4.78 is 18.9. The SMILES string of the molecule is CCCCCCCCC1(CCCCCCCC)c2cc(Br)ccc2-c2ccc([Si](OC)(OC)OC)cc21. The van der Waals surface area contributed by atoms with Gasteiger partial charge in [0.25, 0.3) is 0 Å². The van der Waals surface area contributed by atoms with Crippen LogP contribution in [-0.4, -0.2) is 30.1 Å². The summed E-state index contributed by atoms with van der Waals surface area (Å²) in [7, 11) is 2.19. The Balaban J connectivity index is 2.01. The Hall–Kier alpha value is -0.983. The molecule has 3 rings (SSSR count). The van der Waals surface area contributed by atoms with Crippen LogP contribution >= 0.6 is 15.9 Å². The lowest BCUT2D eigenvalue weighted by Crippen LogP contribution is -2.54. The number of hydrogen-bond donors (Lipinski definition) is 0. The van der Waals surface area contributed by atoms with Crippen LogP contribution in [0, 0.1) is 0 Å². The summed E-state index contributed by atoms with van der Waals surface area (Å²) >= 11 is 3.81. The van der Waals surface area contributed by atoms with Crippen LogP contribution in [0.3, 0.4) is 0 Å². The normalized spacial score (nSPS) is 14.1. The molecule has 0 heterocycles. The molecule has 0 aromatic heterocycles. The van der Waals surface area contributed by atoms with E-state index in [2.05, 4.69) is 66.2 Å². The molecular weight excluding hydrogens is 540 g/mol. The standard InChI is InChI=1S/C32H49BrO3Si/c1-6-8-10-12-14-16-22-32(23-17-15-13-11-9-7-2)30-24-26(33)18-20-28(30)29-21-19-27(25-31(29)32)37(34-3,35-4)36-5/h18-21,24-25H,6-17,22-23H2,1-5H3. The van der Waals surface area contributed by atoms with E-state index < -0.39 is 8.80 Å². The Kier molecular flexibility index (Phi) is 12.4. The molecule has 0 spiro atoms. The number of halogens is 1. The van der Waals surface area contributed by atoms with E-state index in [9.17, 15) is 0 Å². The van der Waals surface area contributed by atoms with E-state index in [0.29, 0.717) is 0 Å². The Bertz CT molecular complexity index is 948.